The van der Waals surface area contributed by atoms with Gasteiger partial charge in [-0.2, -0.15) is 0 Å². The lowest BCUT2D eigenvalue weighted by Gasteiger charge is -2.35. The first-order valence-corrected chi connectivity index (χ1v) is 13.2. The van der Waals surface area contributed by atoms with E-state index >= 15 is 0 Å². The van der Waals surface area contributed by atoms with E-state index in [1.54, 1.807) is 9.80 Å². The number of piperazine rings is 2. The van der Waals surface area contributed by atoms with Gasteiger partial charge in [-0.05, 0) is 18.4 Å². The van der Waals surface area contributed by atoms with Gasteiger partial charge in [-0.25, -0.2) is 4.79 Å². The molecule has 12 nitrogen and oxygen atoms in total. The zero-order chi connectivity index (χ0) is 26.9. The van der Waals surface area contributed by atoms with Crippen molar-refractivity contribution < 1.29 is 28.7 Å². The van der Waals surface area contributed by atoms with E-state index in [4.69, 9.17) is 4.74 Å². The highest BCUT2D eigenvalue weighted by Crippen LogP contribution is 2.13. The molecule has 1 aromatic carbocycles. The van der Waals surface area contributed by atoms with Gasteiger partial charge in [0.2, 0.25) is 23.6 Å². The standard InChI is InChI=1S/C17H21N3O4.C9H15N3O2/c21-15-7-6-14(18-15)16(22)19-8-10-20(11-9-19)17(23)24-12-13-4-2-1-3-5-13;13-8-2-1-7(11-8)9(14)12-5-3-10-4-6-12/h1-5,14H,6-12H2,(H,18,21);7,10H,1-6H2,(H,11,13)/t14-;7-/m11/s1. The summed E-state index contributed by atoms with van der Waals surface area (Å²) in [6.45, 7) is 5.28. The van der Waals surface area contributed by atoms with E-state index in [-0.39, 0.29) is 42.4 Å². The van der Waals surface area contributed by atoms with Crippen molar-refractivity contribution in [1.82, 2.24) is 30.7 Å². The number of carbonyl (C=O) groups excluding carboxylic acids is 5. The van der Waals surface area contributed by atoms with Crippen LogP contribution in [0.3, 0.4) is 0 Å². The van der Waals surface area contributed by atoms with Crippen LogP contribution in [0.4, 0.5) is 4.79 Å². The molecule has 4 aliphatic heterocycles. The molecule has 0 bridgehead atoms. The third kappa shape index (κ3) is 7.44. The van der Waals surface area contributed by atoms with E-state index in [0.29, 0.717) is 51.9 Å². The second-order valence-electron chi connectivity index (χ2n) is 9.75. The molecule has 4 heterocycles. The Labute approximate surface area is 222 Å². The molecule has 2 atom stereocenters. The van der Waals surface area contributed by atoms with E-state index in [1.807, 2.05) is 35.2 Å². The number of rotatable bonds is 4. The Morgan fingerprint density at radius 2 is 1.24 bits per heavy atom. The summed E-state index contributed by atoms with van der Waals surface area (Å²) in [7, 11) is 0. The Hall–Kier alpha value is -3.67. The minimum atomic E-state index is -0.408. The van der Waals surface area contributed by atoms with E-state index in [9.17, 15) is 24.0 Å². The second kappa shape index (κ2) is 13.2. The summed E-state index contributed by atoms with van der Waals surface area (Å²) in [4.78, 5) is 63.5. The molecule has 0 spiro atoms. The van der Waals surface area contributed by atoms with Crippen molar-refractivity contribution in [3.05, 3.63) is 35.9 Å². The van der Waals surface area contributed by atoms with Crippen LogP contribution in [0.15, 0.2) is 30.3 Å². The number of hydrogen-bond acceptors (Lipinski definition) is 7. The van der Waals surface area contributed by atoms with Crippen LogP contribution in [-0.4, -0.2) is 109 Å². The van der Waals surface area contributed by atoms with Gasteiger partial charge >= 0.3 is 6.09 Å². The lowest BCUT2D eigenvalue weighted by atomic mass is 10.2. The number of benzene rings is 1. The molecule has 0 saturated carbocycles. The fourth-order valence-electron chi connectivity index (χ4n) is 4.84. The molecule has 4 fully saturated rings. The van der Waals surface area contributed by atoms with Gasteiger partial charge in [0.1, 0.15) is 18.7 Å². The molecule has 0 aliphatic carbocycles. The third-order valence-electron chi connectivity index (χ3n) is 7.07. The molecule has 0 aromatic heterocycles. The summed E-state index contributed by atoms with van der Waals surface area (Å²) in [5.74, 6) is -0.0505. The van der Waals surface area contributed by atoms with Crippen molar-refractivity contribution >= 4 is 29.7 Å². The first-order chi connectivity index (χ1) is 18.4. The van der Waals surface area contributed by atoms with Crippen LogP contribution in [-0.2, 0) is 30.5 Å². The van der Waals surface area contributed by atoms with Crippen molar-refractivity contribution in [3.8, 4) is 0 Å². The van der Waals surface area contributed by atoms with Crippen molar-refractivity contribution in [2.24, 2.45) is 0 Å². The molecular formula is C26H36N6O6. The van der Waals surface area contributed by atoms with Gasteiger partial charge in [0.25, 0.3) is 0 Å². The zero-order valence-corrected chi connectivity index (χ0v) is 21.5. The predicted octanol–water partition coefficient (Wildman–Crippen LogP) is -0.557. The minimum absolute atomic E-state index is 0.00140. The molecule has 0 unspecified atom stereocenters. The van der Waals surface area contributed by atoms with Crippen molar-refractivity contribution in [2.75, 3.05) is 52.4 Å². The molecule has 4 aliphatic rings. The number of ether oxygens (including phenoxy) is 1. The van der Waals surface area contributed by atoms with Crippen LogP contribution >= 0.6 is 0 Å². The van der Waals surface area contributed by atoms with Gasteiger partial charge in [-0.15, -0.1) is 0 Å². The maximum absolute atomic E-state index is 12.3. The normalized spacial score (nSPS) is 23.2. The van der Waals surface area contributed by atoms with Crippen LogP contribution in [0.5, 0.6) is 0 Å². The van der Waals surface area contributed by atoms with Crippen LogP contribution in [0.2, 0.25) is 0 Å². The lowest BCUT2D eigenvalue weighted by Crippen LogP contribution is -2.54. The number of nitrogens with one attached hydrogen (secondary N) is 3. The molecule has 5 amide bonds. The summed E-state index contributed by atoms with van der Waals surface area (Å²) in [6.07, 6.45) is 1.74. The van der Waals surface area contributed by atoms with Crippen LogP contribution < -0.4 is 16.0 Å². The Morgan fingerprint density at radius 3 is 1.74 bits per heavy atom. The van der Waals surface area contributed by atoms with E-state index < -0.39 is 6.04 Å². The summed E-state index contributed by atoms with van der Waals surface area (Å²) in [5, 5.41) is 8.58. The Morgan fingerprint density at radius 1 is 0.737 bits per heavy atom. The number of nitrogens with zero attached hydrogens (tertiary/aromatic N) is 3. The number of amides is 5. The van der Waals surface area contributed by atoms with E-state index in [0.717, 1.165) is 31.7 Å². The topological polar surface area (TPSA) is 140 Å². The highest BCUT2D eigenvalue weighted by Gasteiger charge is 2.33. The van der Waals surface area contributed by atoms with Gasteiger partial charge in [-0.1, -0.05) is 30.3 Å². The Bertz CT molecular complexity index is 1010. The fourth-order valence-corrected chi connectivity index (χ4v) is 4.84. The van der Waals surface area contributed by atoms with Gasteiger partial charge < -0.3 is 35.4 Å². The number of hydrogen-bond donors (Lipinski definition) is 3. The third-order valence-corrected chi connectivity index (χ3v) is 7.07. The Kier molecular flexibility index (Phi) is 9.52. The molecule has 206 valence electrons. The zero-order valence-electron chi connectivity index (χ0n) is 21.5. The van der Waals surface area contributed by atoms with Gasteiger partial charge in [0.05, 0.1) is 0 Å². The predicted molar refractivity (Wildman–Crippen MR) is 137 cm³/mol. The first-order valence-electron chi connectivity index (χ1n) is 13.2. The second-order valence-corrected chi connectivity index (χ2v) is 9.75. The fraction of sp³-hybridized carbons (Fsp3) is 0.577. The summed E-state index contributed by atoms with van der Waals surface area (Å²) in [5.41, 5.74) is 0.941. The van der Waals surface area contributed by atoms with Crippen molar-refractivity contribution in [3.63, 3.8) is 0 Å². The smallest absolute Gasteiger partial charge is 0.410 e. The average Bonchev–Trinajstić information content (AvgIpc) is 3.60. The summed E-state index contributed by atoms with van der Waals surface area (Å²) >= 11 is 0. The molecule has 38 heavy (non-hydrogen) atoms. The van der Waals surface area contributed by atoms with Crippen molar-refractivity contribution in [1.29, 1.82) is 0 Å². The first kappa shape index (κ1) is 27.4. The van der Waals surface area contributed by atoms with E-state index in [1.165, 1.54) is 0 Å². The van der Waals surface area contributed by atoms with Gasteiger partial charge in [0.15, 0.2) is 0 Å². The van der Waals surface area contributed by atoms with Gasteiger partial charge in [0, 0.05) is 65.2 Å². The van der Waals surface area contributed by atoms with Crippen LogP contribution in [0, 0.1) is 0 Å². The Balaban J connectivity index is 0.000000204. The molecule has 12 heteroatoms. The van der Waals surface area contributed by atoms with Crippen molar-refractivity contribution in [2.45, 2.75) is 44.4 Å². The molecule has 5 rings (SSSR count). The summed E-state index contributed by atoms with van der Waals surface area (Å²) in [6, 6.07) is 8.84. The van der Waals surface area contributed by atoms with Crippen LogP contribution in [0.25, 0.3) is 0 Å². The molecule has 0 radical (unpaired) electrons. The largest absolute Gasteiger partial charge is 0.445 e. The maximum atomic E-state index is 12.3. The summed E-state index contributed by atoms with van der Waals surface area (Å²) < 4.78 is 5.30. The highest BCUT2D eigenvalue weighted by molar-refractivity contribution is 5.91. The molecule has 4 saturated heterocycles. The molecule has 3 N–H and O–H groups in total. The number of carbonyl (C=O) groups is 5. The van der Waals surface area contributed by atoms with Crippen LogP contribution in [0.1, 0.15) is 31.2 Å². The van der Waals surface area contributed by atoms with E-state index in [2.05, 4.69) is 16.0 Å². The molecular weight excluding hydrogens is 492 g/mol. The minimum Gasteiger partial charge on any atom is -0.445 e. The molecule has 1 aromatic rings. The average molecular weight is 529 g/mol. The van der Waals surface area contributed by atoms with Gasteiger partial charge in [-0.3, -0.25) is 19.2 Å². The maximum Gasteiger partial charge on any atom is 0.410 e. The monoisotopic (exact) mass is 528 g/mol. The quantitative estimate of drug-likeness (QED) is 0.476. The highest BCUT2D eigenvalue weighted by atomic mass is 16.6. The SMILES string of the molecule is O=C1CC[C@H](C(=O)N2CCN(C(=O)OCc3ccccc3)CC2)N1.O=C1CC[C@H](C(=O)N2CCNCC2)N1. The lowest BCUT2D eigenvalue weighted by molar-refractivity contribution is -0.135.